The van der Waals surface area contributed by atoms with E-state index in [0.29, 0.717) is 5.75 Å². The van der Waals surface area contributed by atoms with Crippen LogP contribution in [0.15, 0.2) is 36.4 Å². The highest BCUT2D eigenvalue weighted by Crippen LogP contribution is 2.54. The van der Waals surface area contributed by atoms with Crippen molar-refractivity contribution in [1.82, 2.24) is 10.2 Å². The van der Waals surface area contributed by atoms with Crippen LogP contribution in [-0.2, 0) is 26.5 Å². The van der Waals surface area contributed by atoms with Crippen LogP contribution in [0, 0.1) is 31.6 Å². The van der Waals surface area contributed by atoms with Crippen molar-refractivity contribution in [1.29, 1.82) is 0 Å². The zero-order chi connectivity index (χ0) is 23.7. The van der Waals surface area contributed by atoms with Gasteiger partial charge in [0, 0.05) is 17.3 Å². The van der Waals surface area contributed by atoms with Crippen LogP contribution in [0.5, 0.6) is 5.75 Å². The molecule has 1 spiro atoms. The summed E-state index contributed by atoms with van der Waals surface area (Å²) < 4.78 is 5.21. The third-order valence-electron chi connectivity index (χ3n) is 7.67. The van der Waals surface area contributed by atoms with Crippen LogP contribution >= 0.6 is 0 Å². The Labute approximate surface area is 193 Å². The monoisotopic (exact) mass is 447 g/mol. The second kappa shape index (κ2) is 7.42. The zero-order valence-corrected chi connectivity index (χ0v) is 19.6. The van der Waals surface area contributed by atoms with E-state index >= 15 is 0 Å². The van der Waals surface area contributed by atoms with Crippen LogP contribution in [0.1, 0.15) is 36.1 Å². The molecule has 0 radical (unpaired) electrons. The molecule has 0 bridgehead atoms. The van der Waals surface area contributed by atoms with Crippen LogP contribution < -0.4 is 15.4 Å². The van der Waals surface area contributed by atoms with E-state index in [0.717, 1.165) is 27.9 Å². The van der Waals surface area contributed by atoms with Gasteiger partial charge in [0.1, 0.15) is 11.3 Å². The summed E-state index contributed by atoms with van der Waals surface area (Å²) in [5.74, 6) is -1.35. The van der Waals surface area contributed by atoms with Gasteiger partial charge in [0.15, 0.2) is 0 Å². The lowest BCUT2D eigenvalue weighted by Gasteiger charge is -2.30. The Morgan fingerprint density at radius 2 is 1.73 bits per heavy atom. The zero-order valence-electron chi connectivity index (χ0n) is 19.6. The molecule has 172 valence electrons. The van der Waals surface area contributed by atoms with Gasteiger partial charge in [-0.3, -0.25) is 24.6 Å². The first-order chi connectivity index (χ1) is 15.7. The molecular formula is C26H29N3O4. The number of fused-ring (bicyclic) bond motifs is 4. The van der Waals surface area contributed by atoms with Crippen LogP contribution in [0.3, 0.4) is 0 Å². The molecule has 5 rings (SSSR count). The molecule has 33 heavy (non-hydrogen) atoms. The third kappa shape index (κ3) is 2.88. The Morgan fingerprint density at radius 1 is 1.03 bits per heavy atom. The fourth-order valence-electron chi connectivity index (χ4n) is 5.75. The van der Waals surface area contributed by atoms with Crippen LogP contribution in [0.25, 0.3) is 0 Å². The van der Waals surface area contributed by atoms with E-state index in [2.05, 4.69) is 10.6 Å². The number of carbonyl (C=O) groups is 3. The van der Waals surface area contributed by atoms with E-state index in [1.165, 1.54) is 4.90 Å². The standard InChI is InChI=1S/C26H29N3O4/c1-13(2)21-19-20(24(31)29(23(19)30)12-16-7-9-17(33-5)10-8-16)26(28-21)18-11-6-14(3)15(4)22(18)27-25(26)32/h6-11,13,19-21,28H,12H2,1-5H3,(H,27,32)/t19?,20?,21?,26-/m0/s1. The van der Waals surface area contributed by atoms with Crippen molar-refractivity contribution in [3.8, 4) is 5.75 Å². The molecule has 3 heterocycles. The van der Waals surface area contributed by atoms with Gasteiger partial charge in [-0.1, -0.05) is 38.1 Å². The van der Waals surface area contributed by atoms with Crippen molar-refractivity contribution >= 4 is 23.4 Å². The Kier molecular flexibility index (Phi) is 4.86. The van der Waals surface area contributed by atoms with Crippen molar-refractivity contribution in [2.75, 3.05) is 12.4 Å². The highest BCUT2D eigenvalue weighted by Gasteiger charge is 2.70. The van der Waals surface area contributed by atoms with Gasteiger partial charge in [0.2, 0.25) is 17.7 Å². The lowest BCUT2D eigenvalue weighted by atomic mass is 9.75. The number of ether oxygens (including phenoxy) is 1. The average molecular weight is 448 g/mol. The Balaban J connectivity index is 1.59. The second-order valence-corrected chi connectivity index (χ2v) is 9.72. The van der Waals surface area contributed by atoms with Gasteiger partial charge < -0.3 is 10.1 Å². The fourth-order valence-corrected chi connectivity index (χ4v) is 5.75. The predicted molar refractivity (Wildman–Crippen MR) is 124 cm³/mol. The van der Waals surface area contributed by atoms with Crippen LogP contribution in [0.2, 0.25) is 0 Å². The Morgan fingerprint density at radius 3 is 2.36 bits per heavy atom. The van der Waals surface area contributed by atoms with Crippen molar-refractivity contribution in [2.45, 2.75) is 45.8 Å². The molecule has 3 unspecified atom stereocenters. The number of nitrogens with zero attached hydrogens (tertiary/aromatic N) is 1. The Bertz CT molecular complexity index is 1170. The summed E-state index contributed by atoms with van der Waals surface area (Å²) in [4.78, 5) is 42.3. The number of nitrogens with one attached hydrogen (secondary N) is 2. The minimum atomic E-state index is -1.24. The molecule has 2 N–H and O–H groups in total. The van der Waals surface area contributed by atoms with Crippen molar-refractivity contribution in [3.63, 3.8) is 0 Å². The normalized spacial score (nSPS) is 28.0. The first-order valence-corrected chi connectivity index (χ1v) is 11.4. The molecular weight excluding hydrogens is 418 g/mol. The molecule has 7 nitrogen and oxygen atoms in total. The lowest BCUT2D eigenvalue weighted by Crippen LogP contribution is -2.53. The first-order valence-electron chi connectivity index (χ1n) is 11.4. The minimum absolute atomic E-state index is 0.0676. The summed E-state index contributed by atoms with van der Waals surface area (Å²) in [7, 11) is 1.59. The van der Waals surface area contributed by atoms with E-state index in [-0.39, 0.29) is 36.2 Å². The summed E-state index contributed by atoms with van der Waals surface area (Å²) in [5, 5.41) is 6.51. The number of amides is 3. The topological polar surface area (TPSA) is 87.7 Å². The lowest BCUT2D eigenvalue weighted by molar-refractivity contribution is -0.143. The number of anilines is 1. The van der Waals surface area contributed by atoms with Gasteiger partial charge >= 0.3 is 0 Å². The highest BCUT2D eigenvalue weighted by molar-refractivity contribution is 6.15. The number of likely N-dealkylation sites (tertiary alicyclic amines) is 1. The molecule has 2 saturated heterocycles. The smallest absolute Gasteiger partial charge is 0.250 e. The van der Waals surface area contributed by atoms with E-state index in [1.807, 2.05) is 64.1 Å². The maximum absolute atomic E-state index is 13.8. The van der Waals surface area contributed by atoms with Gasteiger partial charge in [-0.15, -0.1) is 0 Å². The van der Waals surface area contributed by atoms with Crippen LogP contribution in [-0.4, -0.2) is 35.8 Å². The SMILES string of the molecule is COc1ccc(CN2C(=O)C3C(C(C)C)N[C@]4(C(=O)Nc5c4ccc(C)c5C)C3C2=O)cc1. The molecule has 4 atom stereocenters. The maximum Gasteiger partial charge on any atom is 0.250 e. The molecule has 2 aromatic carbocycles. The van der Waals surface area contributed by atoms with Crippen LogP contribution in [0.4, 0.5) is 5.69 Å². The van der Waals surface area contributed by atoms with Gasteiger partial charge in [-0.2, -0.15) is 0 Å². The predicted octanol–water partition coefficient (Wildman–Crippen LogP) is 2.89. The third-order valence-corrected chi connectivity index (χ3v) is 7.67. The Hall–Kier alpha value is -3.19. The second-order valence-electron chi connectivity index (χ2n) is 9.72. The summed E-state index contributed by atoms with van der Waals surface area (Å²) in [5.41, 5.74) is 3.16. The number of rotatable bonds is 4. The molecule has 0 aliphatic carbocycles. The van der Waals surface area contributed by atoms with Crippen molar-refractivity contribution in [3.05, 3.63) is 58.7 Å². The first kappa shape index (κ1) is 21.6. The molecule has 2 fully saturated rings. The molecule has 2 aromatic rings. The van der Waals surface area contributed by atoms with Crippen molar-refractivity contribution < 1.29 is 19.1 Å². The number of hydrogen-bond acceptors (Lipinski definition) is 5. The maximum atomic E-state index is 13.8. The van der Waals surface area contributed by atoms with E-state index in [9.17, 15) is 14.4 Å². The largest absolute Gasteiger partial charge is 0.497 e. The minimum Gasteiger partial charge on any atom is -0.497 e. The summed E-state index contributed by atoms with van der Waals surface area (Å²) in [6.45, 7) is 8.18. The molecule has 3 amide bonds. The molecule has 7 heteroatoms. The molecule has 0 aromatic heterocycles. The van der Waals surface area contributed by atoms with E-state index in [1.54, 1.807) is 7.11 Å². The summed E-state index contributed by atoms with van der Waals surface area (Å²) in [6.07, 6.45) is 0. The number of aryl methyl sites for hydroxylation is 1. The van der Waals surface area contributed by atoms with E-state index < -0.39 is 17.4 Å². The fraction of sp³-hybridized carbons (Fsp3) is 0.423. The molecule has 3 aliphatic heterocycles. The van der Waals surface area contributed by atoms with Gasteiger partial charge in [0.25, 0.3) is 0 Å². The van der Waals surface area contributed by atoms with Crippen molar-refractivity contribution in [2.24, 2.45) is 17.8 Å². The summed E-state index contributed by atoms with van der Waals surface area (Å²) in [6, 6.07) is 10.9. The quantitative estimate of drug-likeness (QED) is 0.704. The van der Waals surface area contributed by atoms with E-state index in [4.69, 9.17) is 4.74 Å². The number of carbonyl (C=O) groups excluding carboxylic acids is 3. The van der Waals surface area contributed by atoms with Gasteiger partial charge in [-0.25, -0.2) is 0 Å². The van der Waals surface area contributed by atoms with Gasteiger partial charge in [0.05, 0.1) is 25.5 Å². The summed E-state index contributed by atoms with van der Waals surface area (Å²) >= 11 is 0. The number of imide groups is 1. The van der Waals surface area contributed by atoms with Gasteiger partial charge in [-0.05, 0) is 48.6 Å². The highest BCUT2D eigenvalue weighted by atomic mass is 16.5. The number of benzene rings is 2. The molecule has 3 aliphatic rings. The molecule has 0 saturated carbocycles. The number of methoxy groups -OCH3 is 1. The number of hydrogen-bond donors (Lipinski definition) is 2. The average Bonchev–Trinajstić information content (AvgIpc) is 3.38.